The molecule has 1 aliphatic heterocycles. The van der Waals surface area contributed by atoms with Crippen LogP contribution in [0.1, 0.15) is 37.3 Å². The predicted octanol–water partition coefficient (Wildman–Crippen LogP) is 1.41. The molecule has 1 N–H and O–H groups in total. The smallest absolute Gasteiger partial charge is 0.287 e. The van der Waals surface area contributed by atoms with Gasteiger partial charge in [0.2, 0.25) is 0 Å². The number of piperazine rings is 1. The molecule has 2 rings (SSSR count). The van der Waals surface area contributed by atoms with Gasteiger partial charge in [0.05, 0.1) is 11.1 Å². The van der Waals surface area contributed by atoms with Gasteiger partial charge in [-0.25, -0.2) is 0 Å². The Morgan fingerprint density at radius 2 is 2.25 bits per heavy atom. The fourth-order valence-electron chi connectivity index (χ4n) is 2.44. The lowest BCUT2D eigenvalue weighted by Gasteiger charge is -2.32. The van der Waals surface area contributed by atoms with E-state index in [1.807, 2.05) is 20.8 Å². The topological polar surface area (TPSA) is 80.4 Å². The van der Waals surface area contributed by atoms with E-state index in [0.29, 0.717) is 18.8 Å². The maximum absolute atomic E-state index is 12.6. The SMILES string of the molecule is CC(C)n1cc([N+](=O)[O-])cc1C(=O)N1CCN[C@@H](C)C1. The maximum Gasteiger partial charge on any atom is 0.287 e. The molecule has 1 fully saturated rings. The Morgan fingerprint density at radius 1 is 1.55 bits per heavy atom. The molecule has 110 valence electrons. The summed E-state index contributed by atoms with van der Waals surface area (Å²) in [4.78, 5) is 24.7. The first kappa shape index (κ1) is 14.5. The first-order valence-electron chi connectivity index (χ1n) is 6.79. The second kappa shape index (κ2) is 5.62. The van der Waals surface area contributed by atoms with Crippen molar-refractivity contribution in [3.8, 4) is 0 Å². The van der Waals surface area contributed by atoms with Crippen molar-refractivity contribution >= 4 is 11.6 Å². The Kier molecular flexibility index (Phi) is 4.08. The summed E-state index contributed by atoms with van der Waals surface area (Å²) in [6.07, 6.45) is 1.43. The molecule has 1 saturated heterocycles. The van der Waals surface area contributed by atoms with E-state index in [1.165, 1.54) is 12.3 Å². The average molecular weight is 280 g/mol. The monoisotopic (exact) mass is 280 g/mol. The van der Waals surface area contributed by atoms with E-state index < -0.39 is 4.92 Å². The lowest BCUT2D eigenvalue weighted by Crippen LogP contribution is -2.51. The van der Waals surface area contributed by atoms with Crippen LogP contribution >= 0.6 is 0 Å². The van der Waals surface area contributed by atoms with E-state index in [-0.39, 0.29) is 23.7 Å². The Balaban J connectivity index is 2.30. The van der Waals surface area contributed by atoms with Crippen molar-refractivity contribution in [2.75, 3.05) is 19.6 Å². The molecule has 20 heavy (non-hydrogen) atoms. The van der Waals surface area contributed by atoms with E-state index in [9.17, 15) is 14.9 Å². The number of hydrogen-bond acceptors (Lipinski definition) is 4. The Labute approximate surface area is 117 Å². The Bertz CT molecular complexity index is 524. The number of rotatable bonds is 3. The third-order valence-corrected chi connectivity index (χ3v) is 3.48. The van der Waals surface area contributed by atoms with Gasteiger partial charge in [-0.05, 0) is 20.8 Å². The van der Waals surface area contributed by atoms with Crippen LogP contribution in [0.2, 0.25) is 0 Å². The molecule has 1 aromatic rings. The van der Waals surface area contributed by atoms with Gasteiger partial charge in [0.25, 0.3) is 11.6 Å². The fraction of sp³-hybridized carbons (Fsp3) is 0.615. The lowest BCUT2D eigenvalue weighted by molar-refractivity contribution is -0.384. The Hall–Kier alpha value is -1.89. The number of hydrogen-bond donors (Lipinski definition) is 1. The highest BCUT2D eigenvalue weighted by atomic mass is 16.6. The molecule has 2 heterocycles. The predicted molar refractivity (Wildman–Crippen MR) is 74.8 cm³/mol. The highest BCUT2D eigenvalue weighted by Gasteiger charge is 2.27. The van der Waals surface area contributed by atoms with Crippen LogP contribution in [0.25, 0.3) is 0 Å². The average Bonchev–Trinajstić information content (AvgIpc) is 2.83. The van der Waals surface area contributed by atoms with Gasteiger partial charge in [-0.1, -0.05) is 0 Å². The van der Waals surface area contributed by atoms with Crippen LogP contribution in [0.5, 0.6) is 0 Å². The second-order valence-corrected chi connectivity index (χ2v) is 5.45. The highest BCUT2D eigenvalue weighted by molar-refractivity contribution is 5.93. The molecule has 1 aromatic heterocycles. The van der Waals surface area contributed by atoms with Crippen LogP contribution in [0.15, 0.2) is 12.3 Å². The summed E-state index contributed by atoms with van der Waals surface area (Å²) in [5.41, 5.74) is 0.353. The van der Waals surface area contributed by atoms with Gasteiger partial charge in [-0.15, -0.1) is 0 Å². The van der Waals surface area contributed by atoms with Crippen molar-refractivity contribution in [3.63, 3.8) is 0 Å². The van der Waals surface area contributed by atoms with Crippen LogP contribution in [0, 0.1) is 10.1 Å². The van der Waals surface area contributed by atoms with Gasteiger partial charge < -0.3 is 14.8 Å². The molecule has 0 bridgehead atoms. The largest absolute Gasteiger partial charge is 0.335 e. The lowest BCUT2D eigenvalue weighted by atomic mass is 10.2. The van der Waals surface area contributed by atoms with Crippen molar-refractivity contribution in [1.29, 1.82) is 0 Å². The first-order valence-corrected chi connectivity index (χ1v) is 6.79. The van der Waals surface area contributed by atoms with E-state index >= 15 is 0 Å². The number of carbonyl (C=O) groups is 1. The summed E-state index contributed by atoms with van der Waals surface area (Å²) < 4.78 is 1.67. The Morgan fingerprint density at radius 3 is 2.80 bits per heavy atom. The summed E-state index contributed by atoms with van der Waals surface area (Å²) in [7, 11) is 0. The zero-order valence-corrected chi connectivity index (χ0v) is 12.0. The molecule has 0 saturated carbocycles. The van der Waals surface area contributed by atoms with Gasteiger partial charge in [0, 0.05) is 37.8 Å². The minimum atomic E-state index is -0.462. The van der Waals surface area contributed by atoms with Gasteiger partial charge in [0.15, 0.2) is 0 Å². The summed E-state index contributed by atoms with van der Waals surface area (Å²) in [6, 6.07) is 1.61. The van der Waals surface area contributed by atoms with Crippen molar-refractivity contribution in [2.45, 2.75) is 32.9 Å². The van der Waals surface area contributed by atoms with Crippen LogP contribution in [-0.2, 0) is 0 Å². The van der Waals surface area contributed by atoms with E-state index in [0.717, 1.165) is 6.54 Å². The van der Waals surface area contributed by atoms with Gasteiger partial charge in [-0.3, -0.25) is 14.9 Å². The van der Waals surface area contributed by atoms with E-state index in [2.05, 4.69) is 5.32 Å². The molecule has 0 aliphatic carbocycles. The number of nitrogens with one attached hydrogen (secondary N) is 1. The number of aromatic nitrogens is 1. The minimum Gasteiger partial charge on any atom is -0.335 e. The van der Waals surface area contributed by atoms with Gasteiger partial charge in [0.1, 0.15) is 5.69 Å². The molecular weight excluding hydrogens is 260 g/mol. The van der Waals surface area contributed by atoms with E-state index in [4.69, 9.17) is 0 Å². The van der Waals surface area contributed by atoms with Crippen molar-refractivity contribution in [2.24, 2.45) is 0 Å². The van der Waals surface area contributed by atoms with Crippen LogP contribution in [0.4, 0.5) is 5.69 Å². The van der Waals surface area contributed by atoms with Crippen molar-refractivity contribution in [3.05, 3.63) is 28.1 Å². The molecular formula is C13H20N4O3. The molecule has 0 aromatic carbocycles. The van der Waals surface area contributed by atoms with Gasteiger partial charge in [-0.2, -0.15) is 0 Å². The maximum atomic E-state index is 12.6. The van der Waals surface area contributed by atoms with Crippen molar-refractivity contribution < 1.29 is 9.72 Å². The third-order valence-electron chi connectivity index (χ3n) is 3.48. The zero-order valence-electron chi connectivity index (χ0n) is 12.0. The van der Waals surface area contributed by atoms with E-state index in [1.54, 1.807) is 9.47 Å². The first-order chi connectivity index (χ1) is 9.40. The van der Waals surface area contributed by atoms with Crippen LogP contribution < -0.4 is 5.32 Å². The summed E-state index contributed by atoms with van der Waals surface area (Å²) in [5.74, 6) is -0.139. The fourth-order valence-corrected chi connectivity index (χ4v) is 2.44. The van der Waals surface area contributed by atoms with Crippen LogP contribution in [0.3, 0.4) is 0 Å². The standard InChI is InChI=1S/C13H20N4O3/c1-9(2)16-8-11(17(19)20)6-12(16)13(18)15-5-4-14-10(3)7-15/h6,8-10,14H,4-5,7H2,1-3H3/t10-/m0/s1. The minimum absolute atomic E-state index is 0.00277. The quantitative estimate of drug-likeness (QED) is 0.670. The second-order valence-electron chi connectivity index (χ2n) is 5.45. The zero-order chi connectivity index (χ0) is 14.9. The summed E-state index contributed by atoms with van der Waals surface area (Å²) in [5, 5.41) is 14.2. The molecule has 7 nitrogen and oxygen atoms in total. The summed E-state index contributed by atoms with van der Waals surface area (Å²) >= 11 is 0. The highest BCUT2D eigenvalue weighted by Crippen LogP contribution is 2.22. The molecule has 1 aliphatic rings. The number of amides is 1. The molecule has 0 unspecified atom stereocenters. The number of nitro groups is 1. The normalized spacial score (nSPS) is 19.4. The van der Waals surface area contributed by atoms with Crippen molar-refractivity contribution in [1.82, 2.24) is 14.8 Å². The molecule has 0 spiro atoms. The third kappa shape index (κ3) is 2.82. The van der Waals surface area contributed by atoms with Gasteiger partial charge >= 0.3 is 0 Å². The molecule has 1 atom stereocenters. The summed E-state index contributed by atoms with van der Waals surface area (Å²) in [6.45, 7) is 7.82. The number of carbonyl (C=O) groups excluding carboxylic acids is 1. The molecule has 7 heteroatoms. The van der Waals surface area contributed by atoms with Crippen LogP contribution in [-0.4, -0.2) is 46.0 Å². The molecule has 0 radical (unpaired) electrons. The molecule has 1 amide bonds. The number of nitrogens with zero attached hydrogens (tertiary/aromatic N) is 3.